The molecule has 0 aromatic heterocycles. The molecule has 4 N–H and O–H groups in total. The highest BCUT2D eigenvalue weighted by molar-refractivity contribution is 7.92. The molecule has 0 aliphatic heterocycles. The summed E-state index contributed by atoms with van der Waals surface area (Å²) in [6.07, 6.45) is -5.44. The molecule has 14 heteroatoms. The molecule has 0 fully saturated rings. The minimum absolute atomic E-state index is 0.0129. The molecular weight excluding hydrogens is 687 g/mol. The number of carbonyl (C=O) groups excluding carboxylic acids is 2. The minimum Gasteiger partial charge on any atom is -0.497 e. The van der Waals surface area contributed by atoms with E-state index in [0.29, 0.717) is 27.8 Å². The topological polar surface area (TPSA) is 158 Å². The van der Waals surface area contributed by atoms with E-state index in [1.165, 1.54) is 61.7 Å². The van der Waals surface area contributed by atoms with E-state index in [1.807, 2.05) is 0 Å². The lowest BCUT2D eigenvalue weighted by atomic mass is 9.94. The van der Waals surface area contributed by atoms with Gasteiger partial charge in [-0.3, -0.25) is 10.1 Å². The molecule has 10 nitrogen and oxygen atoms in total. The highest BCUT2D eigenvalue weighted by Gasteiger charge is 2.43. The highest BCUT2D eigenvalue weighted by atomic mass is 32.2. The average Bonchev–Trinajstić information content (AvgIpc) is 3.10. The van der Waals surface area contributed by atoms with Gasteiger partial charge in [-0.2, -0.15) is 13.2 Å². The largest absolute Gasteiger partial charge is 0.497 e. The number of methoxy groups -OCH3 is 1. The average molecular weight is 714 g/mol. The fraction of sp³-hybridized carbons (Fsp3) is 0.0541. The number of nitrogen functional groups attached to an aromatic ring is 1. The molecule has 0 unspecified atom stereocenters. The van der Waals surface area contributed by atoms with Gasteiger partial charge in [0.25, 0.3) is 10.0 Å². The van der Waals surface area contributed by atoms with Crippen molar-refractivity contribution in [1.82, 2.24) is 0 Å². The molecular formula is C37H26F3N3O7S. The summed E-state index contributed by atoms with van der Waals surface area (Å²) in [7, 11) is -2.73. The number of alkyl halides is 3. The maximum absolute atomic E-state index is 13.4. The van der Waals surface area contributed by atoms with Crippen LogP contribution in [0.1, 0.15) is 15.9 Å². The number of anilines is 1. The number of sulfonamides is 1. The third-order valence-corrected chi connectivity index (χ3v) is 9.16. The van der Waals surface area contributed by atoms with Gasteiger partial charge in [0, 0.05) is 22.4 Å². The predicted octanol–water partition coefficient (Wildman–Crippen LogP) is 7.79. The van der Waals surface area contributed by atoms with Crippen LogP contribution in [0, 0.1) is 5.41 Å². The molecule has 0 aliphatic rings. The van der Waals surface area contributed by atoms with Crippen LogP contribution >= 0.6 is 0 Å². The molecule has 6 rings (SSSR count). The van der Waals surface area contributed by atoms with Gasteiger partial charge in [-0.05, 0) is 94.3 Å². The van der Waals surface area contributed by atoms with Gasteiger partial charge in [-0.1, -0.05) is 42.5 Å². The number of hydrogen-bond acceptors (Lipinski definition) is 8. The lowest BCUT2D eigenvalue weighted by molar-refractivity contribution is -0.193. The van der Waals surface area contributed by atoms with E-state index in [9.17, 15) is 31.2 Å². The zero-order valence-corrected chi connectivity index (χ0v) is 27.3. The highest BCUT2D eigenvalue weighted by Crippen LogP contribution is 2.40. The van der Waals surface area contributed by atoms with Gasteiger partial charge >= 0.3 is 18.1 Å². The van der Waals surface area contributed by atoms with Crippen LogP contribution in [0.3, 0.4) is 0 Å². The van der Waals surface area contributed by atoms with Gasteiger partial charge < -0.3 is 19.9 Å². The maximum atomic E-state index is 13.4. The molecule has 0 aliphatic carbocycles. The Labute approximate surface area is 288 Å². The molecule has 0 radical (unpaired) electrons. The van der Waals surface area contributed by atoms with Gasteiger partial charge in [0.05, 0.1) is 17.6 Å². The second-order valence-electron chi connectivity index (χ2n) is 11.2. The molecule has 0 heterocycles. The first-order chi connectivity index (χ1) is 24.2. The number of halogens is 3. The Kier molecular flexibility index (Phi) is 9.11. The number of hydrogen-bond donors (Lipinski definition) is 3. The monoisotopic (exact) mass is 713 g/mol. The summed E-state index contributed by atoms with van der Waals surface area (Å²) in [6.45, 7) is 0. The standard InChI is InChI=1S/C37H26F3N3O7S/c1-48-27-11-13-29(14-12-27)51(46,47)43-26-9-15-33(49-28-10-8-23-16-25(34(41)42)7-6-24(23)17-28)31(20-26)30-18-21-4-2-3-5-22(21)19-32(30)35(44)50-36(45)37(38,39)40/h2-20,43H,1H3,(H3,41,42). The number of nitrogens with one attached hydrogen (secondary N) is 2. The molecule has 0 bridgehead atoms. The van der Waals surface area contributed by atoms with E-state index in [4.69, 9.17) is 20.6 Å². The van der Waals surface area contributed by atoms with E-state index in [1.54, 1.807) is 60.7 Å². The van der Waals surface area contributed by atoms with Gasteiger partial charge in [-0.15, -0.1) is 0 Å². The predicted molar refractivity (Wildman–Crippen MR) is 185 cm³/mol. The van der Waals surface area contributed by atoms with E-state index >= 15 is 0 Å². The Morgan fingerprint density at radius 3 is 2.04 bits per heavy atom. The van der Waals surface area contributed by atoms with Crippen LogP contribution in [-0.4, -0.2) is 39.5 Å². The van der Waals surface area contributed by atoms with Crippen LogP contribution in [0.25, 0.3) is 32.7 Å². The van der Waals surface area contributed by atoms with Crippen molar-refractivity contribution in [2.45, 2.75) is 11.1 Å². The second kappa shape index (κ2) is 13.5. The third-order valence-electron chi connectivity index (χ3n) is 7.76. The molecule has 51 heavy (non-hydrogen) atoms. The van der Waals surface area contributed by atoms with Crippen LogP contribution < -0.4 is 19.9 Å². The van der Waals surface area contributed by atoms with Gasteiger partial charge in [0.15, 0.2) is 0 Å². The van der Waals surface area contributed by atoms with Crippen molar-refractivity contribution in [2.24, 2.45) is 5.73 Å². The summed E-state index contributed by atoms with van der Waals surface area (Å²) in [5, 5.41) is 10.2. The Balaban J connectivity index is 1.49. The summed E-state index contributed by atoms with van der Waals surface area (Å²) in [5.41, 5.74) is 5.81. The minimum atomic E-state index is -5.44. The first-order valence-electron chi connectivity index (χ1n) is 15.0. The van der Waals surface area contributed by atoms with Crippen LogP contribution in [0.15, 0.2) is 120 Å². The Morgan fingerprint density at radius 1 is 0.745 bits per heavy atom. The zero-order chi connectivity index (χ0) is 36.5. The molecule has 6 aromatic carbocycles. The van der Waals surface area contributed by atoms with Crippen molar-refractivity contribution >= 4 is 55.0 Å². The number of carbonyl (C=O) groups is 2. The van der Waals surface area contributed by atoms with Crippen molar-refractivity contribution in [3.63, 3.8) is 0 Å². The first-order valence-corrected chi connectivity index (χ1v) is 16.4. The molecule has 0 spiro atoms. The van der Waals surface area contributed by atoms with Crippen LogP contribution in [0.5, 0.6) is 17.2 Å². The summed E-state index contributed by atoms with van der Waals surface area (Å²) >= 11 is 0. The molecule has 6 aromatic rings. The molecule has 0 atom stereocenters. The number of ether oxygens (including phenoxy) is 3. The van der Waals surface area contributed by atoms with Crippen molar-refractivity contribution in [2.75, 3.05) is 11.8 Å². The Morgan fingerprint density at radius 2 is 1.37 bits per heavy atom. The normalized spacial score (nSPS) is 11.6. The van der Waals surface area contributed by atoms with Crippen molar-refractivity contribution in [1.29, 1.82) is 5.41 Å². The Hall–Kier alpha value is -6.41. The fourth-order valence-corrected chi connectivity index (χ4v) is 6.32. The zero-order valence-electron chi connectivity index (χ0n) is 26.4. The molecule has 0 saturated carbocycles. The van der Waals surface area contributed by atoms with Crippen molar-refractivity contribution < 1.29 is 45.4 Å². The molecule has 0 saturated heterocycles. The summed E-state index contributed by atoms with van der Waals surface area (Å²) in [4.78, 5) is 24.9. The van der Waals surface area contributed by atoms with E-state index in [0.717, 1.165) is 10.8 Å². The van der Waals surface area contributed by atoms with E-state index < -0.39 is 33.7 Å². The SMILES string of the molecule is COc1ccc(S(=O)(=O)Nc2ccc(Oc3ccc4cc(C(=N)N)ccc4c3)c(-c3cc4ccccc4cc3C(=O)OC(=O)C(F)(F)F)c2)cc1. The quantitative estimate of drug-likeness (QED) is 0.0593. The van der Waals surface area contributed by atoms with Crippen molar-refractivity contribution in [3.8, 4) is 28.4 Å². The van der Waals surface area contributed by atoms with Gasteiger partial charge in [-0.25, -0.2) is 18.0 Å². The smallest absolute Gasteiger partial charge is 0.491 e. The summed E-state index contributed by atoms with van der Waals surface area (Å²) < 4.78 is 84.2. The van der Waals surface area contributed by atoms with Gasteiger partial charge in [0.1, 0.15) is 23.1 Å². The van der Waals surface area contributed by atoms with E-state index in [-0.39, 0.29) is 33.3 Å². The number of benzene rings is 6. The lowest BCUT2D eigenvalue weighted by Gasteiger charge is -2.18. The summed E-state index contributed by atoms with van der Waals surface area (Å²) in [6, 6.07) is 29.4. The van der Waals surface area contributed by atoms with Crippen LogP contribution in [0.2, 0.25) is 0 Å². The Bertz CT molecular complexity index is 2470. The number of fused-ring (bicyclic) bond motifs is 2. The summed E-state index contributed by atoms with van der Waals surface area (Å²) in [5.74, 6) is -3.57. The van der Waals surface area contributed by atoms with Crippen LogP contribution in [-0.2, 0) is 19.6 Å². The second-order valence-corrected chi connectivity index (χ2v) is 12.8. The maximum Gasteiger partial charge on any atom is 0.491 e. The number of esters is 2. The number of amidine groups is 1. The van der Waals surface area contributed by atoms with Gasteiger partial charge in [0.2, 0.25) is 0 Å². The molecule has 258 valence electrons. The number of rotatable bonds is 9. The third kappa shape index (κ3) is 7.45. The fourth-order valence-electron chi connectivity index (χ4n) is 5.27. The van der Waals surface area contributed by atoms with Crippen LogP contribution in [0.4, 0.5) is 18.9 Å². The number of nitrogens with two attached hydrogens (primary N) is 1. The van der Waals surface area contributed by atoms with E-state index in [2.05, 4.69) is 9.46 Å². The lowest BCUT2D eigenvalue weighted by Crippen LogP contribution is -2.28. The first kappa shape index (κ1) is 34.5. The van der Waals surface area contributed by atoms with Crippen molar-refractivity contribution in [3.05, 3.63) is 126 Å². The molecule has 0 amide bonds.